The Balaban J connectivity index is 2.64. The Morgan fingerprint density at radius 3 is 2.95 bits per heavy atom. The summed E-state index contributed by atoms with van der Waals surface area (Å²) >= 11 is 0. The third kappa shape index (κ3) is 5.52. The molecule has 0 saturated heterocycles. The lowest BCUT2D eigenvalue weighted by Gasteiger charge is -2.14. The number of aromatic nitrogens is 2. The monoisotopic (exact) mass is 269 g/mol. The smallest absolute Gasteiger partial charge is 0.326 e. The Kier molecular flexibility index (Phi) is 6.59. The maximum atomic E-state index is 11.1. The van der Waals surface area contributed by atoms with Gasteiger partial charge in [0.1, 0.15) is 6.04 Å². The van der Waals surface area contributed by atoms with E-state index in [1.165, 1.54) is 13.3 Å². The highest BCUT2D eigenvalue weighted by Gasteiger charge is 2.18. The van der Waals surface area contributed by atoms with Gasteiger partial charge in [-0.25, -0.2) is 9.78 Å². The van der Waals surface area contributed by atoms with Crippen molar-refractivity contribution in [3.63, 3.8) is 0 Å². The van der Waals surface area contributed by atoms with Crippen molar-refractivity contribution in [2.24, 2.45) is 0 Å². The molecule has 1 rings (SSSR count). The Bertz CT molecular complexity index is 400. The van der Waals surface area contributed by atoms with E-state index in [9.17, 15) is 4.79 Å². The van der Waals surface area contributed by atoms with E-state index < -0.39 is 12.0 Å². The molecule has 0 fully saturated rings. The summed E-state index contributed by atoms with van der Waals surface area (Å²) in [6, 6.07) is 0.840. The molecule has 0 aromatic carbocycles. The average molecular weight is 269 g/mol. The van der Waals surface area contributed by atoms with Gasteiger partial charge in [-0.05, 0) is 6.42 Å². The summed E-state index contributed by atoms with van der Waals surface area (Å²) in [5, 5.41) is 11.8. The second-order valence-electron chi connectivity index (χ2n) is 3.88. The fraction of sp³-hybridized carbons (Fsp3) is 0.583. The van der Waals surface area contributed by atoms with Crippen LogP contribution < -0.4 is 10.1 Å². The molecule has 1 aromatic rings. The maximum absolute atomic E-state index is 11.1. The summed E-state index contributed by atoms with van der Waals surface area (Å²) in [5.74, 6) is -0.312. The van der Waals surface area contributed by atoms with Crippen LogP contribution in [0.5, 0.6) is 5.88 Å². The van der Waals surface area contributed by atoms with Gasteiger partial charge in [-0.2, -0.15) is 4.98 Å². The largest absolute Gasteiger partial charge is 0.480 e. The molecular weight excluding hydrogens is 250 g/mol. The van der Waals surface area contributed by atoms with Crippen LogP contribution in [0.4, 0.5) is 5.95 Å². The lowest BCUT2D eigenvalue weighted by atomic mass is 10.2. The minimum atomic E-state index is -0.972. The van der Waals surface area contributed by atoms with E-state index in [1.807, 2.05) is 6.92 Å². The van der Waals surface area contributed by atoms with Crippen LogP contribution in [0, 0.1) is 0 Å². The predicted octanol–water partition coefficient (Wildman–Crippen LogP) is 1.17. The molecular formula is C12H19N3O4. The van der Waals surface area contributed by atoms with E-state index in [1.54, 1.807) is 6.07 Å². The quantitative estimate of drug-likeness (QED) is 0.694. The van der Waals surface area contributed by atoms with E-state index in [0.717, 1.165) is 6.42 Å². The molecule has 1 aromatic heterocycles. The van der Waals surface area contributed by atoms with Crippen molar-refractivity contribution in [3.8, 4) is 5.88 Å². The number of anilines is 1. The number of ether oxygens (including phenoxy) is 2. The molecule has 0 spiro atoms. The van der Waals surface area contributed by atoms with Gasteiger partial charge in [0, 0.05) is 32.4 Å². The molecule has 7 nitrogen and oxygen atoms in total. The van der Waals surface area contributed by atoms with E-state index in [4.69, 9.17) is 14.6 Å². The van der Waals surface area contributed by atoms with Gasteiger partial charge in [0.2, 0.25) is 11.8 Å². The predicted molar refractivity (Wildman–Crippen MR) is 69.4 cm³/mol. The van der Waals surface area contributed by atoms with Crippen LogP contribution in [0.15, 0.2) is 12.3 Å². The average Bonchev–Trinajstić information content (AvgIpc) is 2.41. The van der Waals surface area contributed by atoms with Crippen LogP contribution in [0.3, 0.4) is 0 Å². The van der Waals surface area contributed by atoms with Gasteiger partial charge >= 0.3 is 5.97 Å². The fourth-order valence-electron chi connectivity index (χ4n) is 1.35. The molecule has 0 aliphatic heterocycles. The highest BCUT2D eigenvalue weighted by molar-refractivity contribution is 5.76. The Morgan fingerprint density at radius 1 is 1.53 bits per heavy atom. The highest BCUT2D eigenvalue weighted by atomic mass is 16.5. The Hall–Kier alpha value is -1.89. The van der Waals surface area contributed by atoms with E-state index in [0.29, 0.717) is 25.5 Å². The van der Waals surface area contributed by atoms with Crippen molar-refractivity contribution in [3.05, 3.63) is 12.3 Å². The van der Waals surface area contributed by atoms with Gasteiger partial charge in [0.15, 0.2) is 0 Å². The Morgan fingerprint density at radius 2 is 2.32 bits per heavy atom. The number of carboxylic acid groups (broad SMARTS) is 1. The zero-order chi connectivity index (χ0) is 14.1. The fourth-order valence-corrected chi connectivity index (χ4v) is 1.35. The van der Waals surface area contributed by atoms with Gasteiger partial charge < -0.3 is 19.9 Å². The van der Waals surface area contributed by atoms with Crippen LogP contribution in [0.25, 0.3) is 0 Å². The number of rotatable bonds is 9. The van der Waals surface area contributed by atoms with Crippen molar-refractivity contribution in [2.45, 2.75) is 25.8 Å². The zero-order valence-corrected chi connectivity index (χ0v) is 11.1. The first-order valence-corrected chi connectivity index (χ1v) is 6.11. The number of carboxylic acids is 1. The van der Waals surface area contributed by atoms with Crippen molar-refractivity contribution in [1.82, 2.24) is 9.97 Å². The van der Waals surface area contributed by atoms with Crippen molar-refractivity contribution >= 4 is 11.9 Å². The number of nitrogens with zero attached hydrogens (tertiary/aromatic N) is 2. The van der Waals surface area contributed by atoms with Gasteiger partial charge in [0.05, 0.1) is 6.61 Å². The normalized spacial score (nSPS) is 11.9. The lowest BCUT2D eigenvalue weighted by Crippen LogP contribution is -2.31. The molecule has 0 saturated carbocycles. The summed E-state index contributed by atoms with van der Waals surface area (Å²) < 4.78 is 10.2. The highest BCUT2D eigenvalue weighted by Crippen LogP contribution is 2.10. The molecule has 1 atom stereocenters. The molecule has 2 N–H and O–H groups in total. The van der Waals surface area contributed by atoms with E-state index in [-0.39, 0.29) is 5.95 Å². The zero-order valence-electron chi connectivity index (χ0n) is 11.1. The summed E-state index contributed by atoms with van der Waals surface area (Å²) in [4.78, 5) is 19.1. The SMILES string of the molecule is CCCOc1ccnc(NC(CCOC)C(=O)O)n1. The summed E-state index contributed by atoms with van der Waals surface area (Å²) in [5.41, 5.74) is 0. The molecule has 1 heterocycles. The van der Waals surface area contributed by atoms with E-state index >= 15 is 0 Å². The standard InChI is InChI=1S/C12H19N3O4/c1-3-7-19-10-4-6-13-12(15-10)14-9(11(16)17)5-8-18-2/h4,6,9H,3,5,7-8H2,1-2H3,(H,16,17)(H,13,14,15). The van der Waals surface area contributed by atoms with Crippen molar-refractivity contribution in [1.29, 1.82) is 0 Å². The number of hydrogen-bond donors (Lipinski definition) is 2. The second-order valence-corrected chi connectivity index (χ2v) is 3.88. The minimum Gasteiger partial charge on any atom is -0.480 e. The molecule has 0 amide bonds. The number of aliphatic carboxylic acids is 1. The molecule has 0 radical (unpaired) electrons. The minimum absolute atomic E-state index is 0.233. The molecule has 106 valence electrons. The molecule has 1 unspecified atom stereocenters. The number of carbonyl (C=O) groups is 1. The third-order valence-electron chi connectivity index (χ3n) is 2.30. The van der Waals surface area contributed by atoms with Crippen LogP contribution >= 0.6 is 0 Å². The summed E-state index contributed by atoms with van der Waals surface area (Å²) in [6.45, 7) is 2.89. The second kappa shape index (κ2) is 8.25. The third-order valence-corrected chi connectivity index (χ3v) is 2.30. The first kappa shape index (κ1) is 15.2. The molecule has 7 heteroatoms. The molecule has 0 aliphatic carbocycles. The van der Waals surface area contributed by atoms with Crippen molar-refractivity contribution in [2.75, 3.05) is 25.6 Å². The Labute approximate surface area is 112 Å². The lowest BCUT2D eigenvalue weighted by molar-refractivity contribution is -0.138. The summed E-state index contributed by atoms with van der Waals surface area (Å²) in [6.07, 6.45) is 2.73. The van der Waals surface area contributed by atoms with Gasteiger partial charge in [-0.1, -0.05) is 6.92 Å². The first-order valence-electron chi connectivity index (χ1n) is 6.11. The maximum Gasteiger partial charge on any atom is 0.326 e. The number of hydrogen-bond acceptors (Lipinski definition) is 6. The number of methoxy groups -OCH3 is 1. The molecule has 0 bridgehead atoms. The summed E-state index contributed by atoms with van der Waals surface area (Å²) in [7, 11) is 1.52. The van der Waals surface area contributed by atoms with Crippen LogP contribution in [0.2, 0.25) is 0 Å². The van der Waals surface area contributed by atoms with Gasteiger partial charge in [-0.15, -0.1) is 0 Å². The van der Waals surface area contributed by atoms with Crippen LogP contribution in [-0.4, -0.2) is 47.4 Å². The van der Waals surface area contributed by atoms with E-state index in [2.05, 4.69) is 15.3 Å². The van der Waals surface area contributed by atoms with Gasteiger partial charge in [0.25, 0.3) is 0 Å². The first-order chi connectivity index (χ1) is 9.17. The van der Waals surface area contributed by atoms with Crippen LogP contribution in [0.1, 0.15) is 19.8 Å². The van der Waals surface area contributed by atoms with Crippen LogP contribution in [-0.2, 0) is 9.53 Å². The molecule has 0 aliphatic rings. The topological polar surface area (TPSA) is 93.6 Å². The number of nitrogens with one attached hydrogen (secondary N) is 1. The van der Waals surface area contributed by atoms with Gasteiger partial charge in [-0.3, -0.25) is 0 Å². The molecule has 19 heavy (non-hydrogen) atoms. The van der Waals surface area contributed by atoms with Crippen molar-refractivity contribution < 1.29 is 19.4 Å².